The molecule has 132 valence electrons. The first kappa shape index (κ1) is 18.2. The van der Waals surface area contributed by atoms with E-state index in [2.05, 4.69) is 0 Å². The van der Waals surface area contributed by atoms with Crippen molar-refractivity contribution in [2.24, 2.45) is 11.7 Å². The summed E-state index contributed by atoms with van der Waals surface area (Å²) in [7, 11) is 0. The number of hydrogen-bond donors (Lipinski definition) is 1. The molecule has 1 aromatic carbocycles. The fourth-order valence-corrected chi connectivity index (χ4v) is 3.02. The average molecular weight is 340 g/mol. The van der Waals surface area contributed by atoms with Crippen molar-refractivity contribution in [3.8, 4) is 5.75 Å². The maximum atomic E-state index is 14.7. The second-order valence-electron chi connectivity index (χ2n) is 5.93. The number of alkyl halides is 2. The van der Waals surface area contributed by atoms with Crippen LogP contribution in [0, 0.1) is 5.92 Å². The van der Waals surface area contributed by atoms with Crippen molar-refractivity contribution >= 4 is 11.8 Å². The normalized spacial score (nSPS) is 18.3. The van der Waals surface area contributed by atoms with Crippen molar-refractivity contribution in [1.82, 2.24) is 4.90 Å². The minimum absolute atomic E-state index is 0.00375. The summed E-state index contributed by atoms with van der Waals surface area (Å²) in [5.74, 6) is -5.59. The Morgan fingerprint density at radius 1 is 1.38 bits per heavy atom. The van der Waals surface area contributed by atoms with Crippen LogP contribution in [-0.4, -0.2) is 36.4 Å². The molecule has 1 aliphatic rings. The SMILES string of the molecule is CCOc1ccccc1C(F)(F)C(=O)N1CCC[C@H](CC(N)=O)C1. The summed E-state index contributed by atoms with van der Waals surface area (Å²) < 4.78 is 34.7. The summed E-state index contributed by atoms with van der Waals surface area (Å²) >= 11 is 0. The maximum absolute atomic E-state index is 14.7. The number of nitrogens with zero attached hydrogens (tertiary/aromatic N) is 1. The van der Waals surface area contributed by atoms with Crippen LogP contribution in [0.4, 0.5) is 8.78 Å². The Kier molecular flexibility index (Phi) is 5.75. The number of likely N-dealkylation sites (tertiary alicyclic amines) is 1. The number of benzene rings is 1. The van der Waals surface area contributed by atoms with Crippen LogP contribution < -0.4 is 10.5 Å². The lowest BCUT2D eigenvalue weighted by molar-refractivity contribution is -0.161. The van der Waals surface area contributed by atoms with E-state index in [1.54, 1.807) is 13.0 Å². The van der Waals surface area contributed by atoms with Gasteiger partial charge >= 0.3 is 5.92 Å². The molecule has 5 nitrogen and oxygen atoms in total. The molecule has 1 atom stereocenters. The number of ether oxygens (including phenoxy) is 1. The highest BCUT2D eigenvalue weighted by molar-refractivity contribution is 5.86. The first-order chi connectivity index (χ1) is 11.4. The average Bonchev–Trinajstić information content (AvgIpc) is 2.54. The lowest BCUT2D eigenvalue weighted by atomic mass is 9.93. The fraction of sp³-hybridized carbons (Fsp3) is 0.529. The monoisotopic (exact) mass is 340 g/mol. The molecular weight excluding hydrogens is 318 g/mol. The molecule has 0 spiro atoms. The van der Waals surface area contributed by atoms with Gasteiger partial charge in [-0.25, -0.2) is 0 Å². The summed E-state index contributed by atoms with van der Waals surface area (Å²) in [4.78, 5) is 24.6. The smallest absolute Gasteiger partial charge is 0.353 e. The van der Waals surface area contributed by atoms with Crippen LogP contribution in [0.1, 0.15) is 31.7 Å². The Labute approximate surface area is 139 Å². The molecule has 0 aliphatic carbocycles. The third-order valence-electron chi connectivity index (χ3n) is 4.09. The van der Waals surface area contributed by atoms with E-state index in [1.807, 2.05) is 0 Å². The van der Waals surface area contributed by atoms with Crippen molar-refractivity contribution in [3.63, 3.8) is 0 Å². The van der Waals surface area contributed by atoms with Crippen molar-refractivity contribution in [2.45, 2.75) is 32.1 Å². The standard InChI is InChI=1S/C17H22F2N2O3/c1-2-24-14-8-4-3-7-13(14)17(18,19)16(23)21-9-5-6-12(11-21)10-15(20)22/h3-4,7-8,12H,2,5-6,9-11H2,1H3,(H2,20,22)/t12-/m1/s1. The van der Waals surface area contributed by atoms with Gasteiger partial charge in [0.05, 0.1) is 12.2 Å². The Hall–Kier alpha value is -2.18. The van der Waals surface area contributed by atoms with Gasteiger partial charge in [-0.15, -0.1) is 0 Å². The molecule has 2 amide bonds. The summed E-state index contributed by atoms with van der Waals surface area (Å²) in [5, 5.41) is 0. The highest BCUT2D eigenvalue weighted by atomic mass is 19.3. The van der Waals surface area contributed by atoms with Gasteiger partial charge in [-0.2, -0.15) is 8.78 Å². The third kappa shape index (κ3) is 4.01. The van der Waals surface area contributed by atoms with Crippen LogP contribution in [-0.2, 0) is 15.5 Å². The number of primary amides is 1. The number of halogens is 2. The number of carbonyl (C=O) groups is 2. The first-order valence-electron chi connectivity index (χ1n) is 8.04. The van der Waals surface area contributed by atoms with E-state index in [9.17, 15) is 18.4 Å². The maximum Gasteiger partial charge on any atom is 0.353 e. The molecule has 0 unspecified atom stereocenters. The van der Waals surface area contributed by atoms with Crippen molar-refractivity contribution in [2.75, 3.05) is 19.7 Å². The highest BCUT2D eigenvalue weighted by Crippen LogP contribution is 2.37. The molecule has 0 radical (unpaired) electrons. The van der Waals surface area contributed by atoms with E-state index in [-0.39, 0.29) is 37.8 Å². The lowest BCUT2D eigenvalue weighted by Crippen LogP contribution is -2.47. The van der Waals surface area contributed by atoms with E-state index >= 15 is 0 Å². The van der Waals surface area contributed by atoms with Crippen LogP contribution in [0.5, 0.6) is 5.75 Å². The van der Waals surface area contributed by atoms with Gasteiger partial charge in [0.1, 0.15) is 5.75 Å². The minimum atomic E-state index is -3.68. The molecule has 0 saturated carbocycles. The predicted octanol–water partition coefficient (Wildman–Crippen LogP) is 2.29. The summed E-state index contributed by atoms with van der Waals surface area (Å²) in [5.41, 5.74) is 4.73. The van der Waals surface area contributed by atoms with Crippen molar-refractivity contribution < 1.29 is 23.1 Å². The summed E-state index contributed by atoms with van der Waals surface area (Å²) in [6.45, 7) is 2.29. The van der Waals surface area contributed by atoms with Crippen molar-refractivity contribution in [1.29, 1.82) is 0 Å². The quantitative estimate of drug-likeness (QED) is 0.863. The molecular formula is C17H22F2N2O3. The Morgan fingerprint density at radius 2 is 2.08 bits per heavy atom. The zero-order valence-electron chi connectivity index (χ0n) is 13.6. The number of nitrogens with two attached hydrogens (primary N) is 1. The Morgan fingerprint density at radius 3 is 2.75 bits per heavy atom. The molecule has 1 fully saturated rings. The number of carbonyl (C=O) groups excluding carboxylic acids is 2. The van der Waals surface area contributed by atoms with E-state index in [0.29, 0.717) is 12.8 Å². The lowest BCUT2D eigenvalue weighted by Gasteiger charge is -2.34. The molecule has 1 heterocycles. The number of rotatable bonds is 6. The Balaban J connectivity index is 2.19. The first-order valence-corrected chi connectivity index (χ1v) is 8.04. The second kappa shape index (κ2) is 7.59. The van der Waals surface area contributed by atoms with Crippen LogP contribution in [0.3, 0.4) is 0 Å². The minimum Gasteiger partial charge on any atom is -0.493 e. The molecule has 0 bridgehead atoms. The van der Waals surface area contributed by atoms with E-state index in [4.69, 9.17) is 10.5 Å². The zero-order chi connectivity index (χ0) is 17.7. The van der Waals surface area contributed by atoms with Gasteiger partial charge in [0.15, 0.2) is 0 Å². The number of amides is 2. The van der Waals surface area contributed by atoms with E-state index in [1.165, 1.54) is 18.2 Å². The Bertz CT molecular complexity index is 607. The fourth-order valence-electron chi connectivity index (χ4n) is 3.02. The predicted molar refractivity (Wildman–Crippen MR) is 84.6 cm³/mol. The van der Waals surface area contributed by atoms with Gasteiger partial charge in [0.25, 0.3) is 5.91 Å². The number of piperidine rings is 1. The second-order valence-corrected chi connectivity index (χ2v) is 5.93. The summed E-state index contributed by atoms with van der Waals surface area (Å²) in [6, 6.07) is 5.66. The van der Waals surface area contributed by atoms with Gasteiger partial charge in [-0.3, -0.25) is 9.59 Å². The molecule has 2 rings (SSSR count). The molecule has 2 N–H and O–H groups in total. The van der Waals surface area contributed by atoms with E-state index < -0.39 is 23.3 Å². The van der Waals surface area contributed by atoms with Gasteiger partial charge < -0.3 is 15.4 Å². The third-order valence-corrected chi connectivity index (χ3v) is 4.09. The van der Waals surface area contributed by atoms with E-state index in [0.717, 1.165) is 4.90 Å². The summed E-state index contributed by atoms with van der Waals surface area (Å²) in [6.07, 6.45) is 1.38. The number of para-hydroxylation sites is 1. The molecule has 7 heteroatoms. The van der Waals surface area contributed by atoms with Crippen LogP contribution in [0.15, 0.2) is 24.3 Å². The van der Waals surface area contributed by atoms with Gasteiger partial charge in [0, 0.05) is 19.5 Å². The van der Waals surface area contributed by atoms with Crippen LogP contribution in [0.25, 0.3) is 0 Å². The molecule has 1 saturated heterocycles. The topological polar surface area (TPSA) is 72.6 Å². The molecule has 1 aliphatic heterocycles. The van der Waals surface area contributed by atoms with Gasteiger partial charge in [0.2, 0.25) is 5.91 Å². The van der Waals surface area contributed by atoms with Crippen LogP contribution >= 0.6 is 0 Å². The largest absolute Gasteiger partial charge is 0.493 e. The van der Waals surface area contributed by atoms with Crippen LogP contribution in [0.2, 0.25) is 0 Å². The van der Waals surface area contributed by atoms with Gasteiger partial charge in [-0.05, 0) is 37.8 Å². The molecule has 1 aromatic rings. The number of hydrogen-bond acceptors (Lipinski definition) is 3. The molecule has 24 heavy (non-hydrogen) atoms. The van der Waals surface area contributed by atoms with Gasteiger partial charge in [-0.1, -0.05) is 12.1 Å². The highest BCUT2D eigenvalue weighted by Gasteiger charge is 2.46. The van der Waals surface area contributed by atoms with Crippen molar-refractivity contribution in [3.05, 3.63) is 29.8 Å². The molecule has 0 aromatic heterocycles. The zero-order valence-corrected chi connectivity index (χ0v) is 13.6.